The van der Waals surface area contributed by atoms with E-state index >= 15 is 0 Å². The van der Waals surface area contributed by atoms with Crippen molar-refractivity contribution in [2.75, 3.05) is 7.05 Å². The number of nitrogens with zero attached hydrogens (tertiary/aromatic N) is 1. The lowest BCUT2D eigenvalue weighted by Crippen LogP contribution is -2.17. The van der Waals surface area contributed by atoms with Crippen molar-refractivity contribution in [3.8, 4) is 0 Å². The minimum atomic E-state index is 0.326. The number of fused-ring (bicyclic) bond motifs is 1. The Balaban J connectivity index is 2.20. The second-order valence-electron chi connectivity index (χ2n) is 6.14. The molecule has 0 fully saturated rings. The molecule has 94 valence electrons. The zero-order valence-electron chi connectivity index (χ0n) is 11.7. The predicted octanol–water partition coefficient (Wildman–Crippen LogP) is 4.10. The van der Waals surface area contributed by atoms with Crippen LogP contribution in [0.15, 0.2) is 18.2 Å². The highest BCUT2D eigenvalue weighted by molar-refractivity contribution is 5.37. The molecule has 2 rings (SSSR count). The Labute approximate surface area is 106 Å². The lowest BCUT2D eigenvalue weighted by Gasteiger charge is -2.25. The molecule has 1 aromatic carbocycles. The number of rotatable bonds is 4. The summed E-state index contributed by atoms with van der Waals surface area (Å²) >= 11 is 0. The van der Waals surface area contributed by atoms with E-state index in [2.05, 4.69) is 50.9 Å². The molecular weight excluding hydrogens is 206 g/mol. The Hall–Kier alpha value is -0.820. The highest BCUT2D eigenvalue weighted by atomic mass is 15.1. The van der Waals surface area contributed by atoms with Crippen molar-refractivity contribution in [3.63, 3.8) is 0 Å². The van der Waals surface area contributed by atoms with Gasteiger partial charge in [0.05, 0.1) is 0 Å². The van der Waals surface area contributed by atoms with Crippen molar-refractivity contribution in [1.82, 2.24) is 4.90 Å². The van der Waals surface area contributed by atoms with Gasteiger partial charge in [-0.05, 0) is 35.6 Å². The van der Waals surface area contributed by atoms with E-state index in [0.717, 1.165) is 13.1 Å². The fourth-order valence-electron chi connectivity index (χ4n) is 2.75. The molecule has 0 bridgehead atoms. The molecule has 0 aliphatic carbocycles. The summed E-state index contributed by atoms with van der Waals surface area (Å²) in [6.07, 6.45) is 3.90. The lowest BCUT2D eigenvalue weighted by molar-refractivity contribution is 0.353. The summed E-state index contributed by atoms with van der Waals surface area (Å²) in [5.74, 6) is 0. The molecule has 0 aromatic heterocycles. The van der Waals surface area contributed by atoms with E-state index in [1.54, 1.807) is 0 Å². The first-order valence-electron chi connectivity index (χ1n) is 6.84. The van der Waals surface area contributed by atoms with Gasteiger partial charge in [0.25, 0.3) is 0 Å². The summed E-state index contributed by atoms with van der Waals surface area (Å²) in [5.41, 5.74) is 4.89. The first kappa shape index (κ1) is 12.6. The van der Waals surface area contributed by atoms with Crippen molar-refractivity contribution in [3.05, 3.63) is 34.9 Å². The summed E-state index contributed by atoms with van der Waals surface area (Å²) < 4.78 is 0. The van der Waals surface area contributed by atoms with Crippen molar-refractivity contribution in [2.45, 2.75) is 58.5 Å². The normalized spacial score (nSPS) is 16.2. The molecule has 0 spiro atoms. The van der Waals surface area contributed by atoms with Crippen LogP contribution in [0.2, 0.25) is 0 Å². The van der Waals surface area contributed by atoms with E-state index in [0.29, 0.717) is 5.41 Å². The third kappa shape index (κ3) is 2.71. The van der Waals surface area contributed by atoms with Crippen molar-refractivity contribution >= 4 is 0 Å². The van der Waals surface area contributed by atoms with Gasteiger partial charge in [0.2, 0.25) is 0 Å². The van der Waals surface area contributed by atoms with E-state index < -0.39 is 0 Å². The molecule has 1 aromatic rings. The van der Waals surface area contributed by atoms with Crippen LogP contribution < -0.4 is 0 Å². The fraction of sp³-hybridized carbons (Fsp3) is 0.625. The molecule has 0 radical (unpaired) electrons. The van der Waals surface area contributed by atoms with Gasteiger partial charge in [-0.1, -0.05) is 51.8 Å². The van der Waals surface area contributed by atoms with Gasteiger partial charge in [0.15, 0.2) is 0 Å². The van der Waals surface area contributed by atoms with Crippen LogP contribution in [-0.2, 0) is 18.5 Å². The van der Waals surface area contributed by atoms with Gasteiger partial charge in [0, 0.05) is 13.1 Å². The molecule has 0 atom stereocenters. The smallest absolute Gasteiger partial charge is 0.0237 e. The minimum absolute atomic E-state index is 0.326. The average molecular weight is 231 g/mol. The maximum Gasteiger partial charge on any atom is 0.0237 e. The quantitative estimate of drug-likeness (QED) is 0.754. The van der Waals surface area contributed by atoms with Crippen LogP contribution in [0, 0.1) is 0 Å². The molecule has 17 heavy (non-hydrogen) atoms. The molecule has 1 aliphatic heterocycles. The first-order chi connectivity index (χ1) is 8.03. The zero-order chi connectivity index (χ0) is 12.5. The van der Waals surface area contributed by atoms with E-state index in [4.69, 9.17) is 0 Å². The SMILES string of the molecule is CCCCC(C)(C)c1ccc2c(c1)CN(C)C2. The molecule has 0 N–H and O–H groups in total. The largest absolute Gasteiger partial charge is 0.298 e. The number of benzene rings is 1. The molecule has 1 heterocycles. The summed E-state index contributed by atoms with van der Waals surface area (Å²) in [4.78, 5) is 2.38. The molecule has 1 heteroatoms. The van der Waals surface area contributed by atoms with Crippen LogP contribution >= 0.6 is 0 Å². The summed E-state index contributed by atoms with van der Waals surface area (Å²) in [6.45, 7) is 9.26. The Morgan fingerprint density at radius 3 is 2.59 bits per heavy atom. The van der Waals surface area contributed by atoms with Crippen molar-refractivity contribution in [2.24, 2.45) is 0 Å². The summed E-state index contributed by atoms with van der Waals surface area (Å²) in [6, 6.07) is 7.12. The van der Waals surface area contributed by atoms with E-state index in [9.17, 15) is 0 Å². The maximum absolute atomic E-state index is 2.44. The Morgan fingerprint density at radius 1 is 1.18 bits per heavy atom. The Kier molecular flexibility index (Phi) is 3.58. The second kappa shape index (κ2) is 4.81. The molecule has 0 saturated heterocycles. The van der Waals surface area contributed by atoms with Crippen LogP contribution in [0.25, 0.3) is 0 Å². The van der Waals surface area contributed by atoms with Gasteiger partial charge >= 0.3 is 0 Å². The molecule has 0 saturated carbocycles. The standard InChI is InChI=1S/C16H25N/c1-5-6-9-16(2,3)15-8-7-13-11-17(4)12-14(13)10-15/h7-8,10H,5-6,9,11-12H2,1-4H3. The van der Waals surface area contributed by atoms with Gasteiger partial charge in [-0.3, -0.25) is 4.90 Å². The van der Waals surface area contributed by atoms with Gasteiger partial charge in [-0.25, -0.2) is 0 Å². The van der Waals surface area contributed by atoms with Gasteiger partial charge in [-0.2, -0.15) is 0 Å². The van der Waals surface area contributed by atoms with Crippen LogP contribution in [0.4, 0.5) is 0 Å². The zero-order valence-corrected chi connectivity index (χ0v) is 11.7. The maximum atomic E-state index is 2.44. The van der Waals surface area contributed by atoms with Crippen LogP contribution in [-0.4, -0.2) is 11.9 Å². The first-order valence-corrected chi connectivity index (χ1v) is 6.84. The van der Waals surface area contributed by atoms with Gasteiger partial charge in [-0.15, -0.1) is 0 Å². The van der Waals surface area contributed by atoms with Crippen LogP contribution in [0.5, 0.6) is 0 Å². The third-order valence-electron chi connectivity index (χ3n) is 4.02. The van der Waals surface area contributed by atoms with E-state index in [1.807, 2.05) is 0 Å². The van der Waals surface area contributed by atoms with E-state index in [-0.39, 0.29) is 0 Å². The average Bonchev–Trinajstić information content (AvgIpc) is 2.65. The minimum Gasteiger partial charge on any atom is -0.298 e. The number of unbranched alkanes of at least 4 members (excludes halogenated alkanes) is 1. The molecule has 0 amide bonds. The second-order valence-corrected chi connectivity index (χ2v) is 6.14. The summed E-state index contributed by atoms with van der Waals surface area (Å²) in [5, 5.41) is 0. The lowest BCUT2D eigenvalue weighted by atomic mass is 9.79. The summed E-state index contributed by atoms with van der Waals surface area (Å²) in [7, 11) is 2.20. The van der Waals surface area contributed by atoms with Crippen LogP contribution in [0.1, 0.15) is 56.7 Å². The topological polar surface area (TPSA) is 3.24 Å². The van der Waals surface area contributed by atoms with E-state index in [1.165, 1.54) is 36.0 Å². The molecule has 1 nitrogen and oxygen atoms in total. The highest BCUT2D eigenvalue weighted by Gasteiger charge is 2.23. The Morgan fingerprint density at radius 2 is 1.88 bits per heavy atom. The highest BCUT2D eigenvalue weighted by Crippen LogP contribution is 2.32. The third-order valence-corrected chi connectivity index (χ3v) is 4.02. The fourth-order valence-corrected chi connectivity index (χ4v) is 2.75. The van der Waals surface area contributed by atoms with Crippen molar-refractivity contribution < 1.29 is 0 Å². The Bertz CT molecular complexity index is 393. The predicted molar refractivity (Wildman–Crippen MR) is 74.2 cm³/mol. The van der Waals surface area contributed by atoms with Gasteiger partial charge < -0.3 is 0 Å². The number of hydrogen-bond acceptors (Lipinski definition) is 1. The van der Waals surface area contributed by atoms with Crippen LogP contribution in [0.3, 0.4) is 0 Å². The molecule has 1 aliphatic rings. The number of hydrogen-bond donors (Lipinski definition) is 0. The van der Waals surface area contributed by atoms with Gasteiger partial charge in [0.1, 0.15) is 0 Å². The molecule has 0 unspecified atom stereocenters. The van der Waals surface area contributed by atoms with Crippen molar-refractivity contribution in [1.29, 1.82) is 0 Å². The molecular formula is C16H25N. The monoisotopic (exact) mass is 231 g/mol.